The van der Waals surface area contributed by atoms with E-state index in [1.165, 1.54) is 16.0 Å². The van der Waals surface area contributed by atoms with E-state index in [4.69, 9.17) is 0 Å². The van der Waals surface area contributed by atoms with Crippen LogP contribution in [0.25, 0.3) is 0 Å². The molecule has 0 radical (unpaired) electrons. The van der Waals surface area contributed by atoms with Crippen molar-refractivity contribution < 1.29 is 9.59 Å². The van der Waals surface area contributed by atoms with Crippen molar-refractivity contribution in [3.63, 3.8) is 0 Å². The van der Waals surface area contributed by atoms with Crippen LogP contribution in [0.3, 0.4) is 0 Å². The van der Waals surface area contributed by atoms with Crippen LogP contribution < -0.4 is 4.90 Å². The van der Waals surface area contributed by atoms with E-state index in [0.717, 1.165) is 64.1 Å². The third-order valence-electron chi connectivity index (χ3n) is 6.60. The minimum atomic E-state index is 0.106. The first kappa shape index (κ1) is 18.8. The van der Waals surface area contributed by atoms with Gasteiger partial charge in [-0.3, -0.25) is 14.5 Å². The van der Waals surface area contributed by atoms with Gasteiger partial charge in [-0.05, 0) is 67.4 Å². The van der Waals surface area contributed by atoms with Crippen molar-refractivity contribution in [1.82, 2.24) is 9.80 Å². The molecule has 2 aromatic rings. The summed E-state index contributed by atoms with van der Waals surface area (Å²) in [7, 11) is 0. The summed E-state index contributed by atoms with van der Waals surface area (Å²) >= 11 is 1.81. The monoisotopic (exact) mass is 409 g/mol. The van der Waals surface area contributed by atoms with Crippen LogP contribution >= 0.6 is 11.3 Å². The maximum absolute atomic E-state index is 13.0. The van der Waals surface area contributed by atoms with Gasteiger partial charge in [-0.15, -0.1) is 11.3 Å². The van der Waals surface area contributed by atoms with E-state index in [1.807, 2.05) is 28.0 Å². The predicted octanol–water partition coefficient (Wildman–Crippen LogP) is 2.93. The van der Waals surface area contributed by atoms with E-state index in [9.17, 15) is 9.59 Å². The molecule has 6 heteroatoms. The molecule has 0 atom stereocenters. The maximum atomic E-state index is 13.0. The summed E-state index contributed by atoms with van der Waals surface area (Å²) < 4.78 is 0. The molecule has 0 bridgehead atoms. The Morgan fingerprint density at radius 2 is 1.79 bits per heavy atom. The van der Waals surface area contributed by atoms with Gasteiger partial charge in [0.05, 0.1) is 6.54 Å². The highest BCUT2D eigenvalue weighted by Gasteiger charge is 2.32. The first-order valence-corrected chi connectivity index (χ1v) is 11.5. The summed E-state index contributed by atoms with van der Waals surface area (Å²) in [6.07, 6.45) is 3.65. The van der Waals surface area contributed by atoms with E-state index in [-0.39, 0.29) is 11.8 Å². The number of fused-ring (bicyclic) bond motifs is 2. The molecule has 0 unspecified atom stereocenters. The minimum Gasteiger partial charge on any atom is -0.338 e. The van der Waals surface area contributed by atoms with Crippen LogP contribution in [-0.4, -0.2) is 54.3 Å². The van der Waals surface area contributed by atoms with Crippen LogP contribution in [0.1, 0.15) is 28.8 Å². The van der Waals surface area contributed by atoms with E-state index in [1.54, 1.807) is 11.3 Å². The molecule has 0 saturated carbocycles. The summed E-state index contributed by atoms with van der Waals surface area (Å²) in [5.41, 5.74) is 3.66. The van der Waals surface area contributed by atoms with Gasteiger partial charge in [-0.1, -0.05) is 18.2 Å². The second-order valence-corrected chi connectivity index (χ2v) is 9.35. The first-order chi connectivity index (χ1) is 14.2. The second kappa shape index (κ2) is 7.92. The quantitative estimate of drug-likeness (QED) is 0.783. The number of likely N-dealkylation sites (tertiary alicyclic amines) is 1. The molecule has 3 aliphatic heterocycles. The number of hydrogen-bond acceptors (Lipinski definition) is 4. The lowest BCUT2D eigenvalue weighted by Crippen LogP contribution is -2.46. The highest BCUT2D eigenvalue weighted by molar-refractivity contribution is 7.10. The molecule has 4 heterocycles. The zero-order valence-corrected chi connectivity index (χ0v) is 17.5. The van der Waals surface area contributed by atoms with E-state index in [0.29, 0.717) is 12.5 Å². The number of carbonyl (C=O) groups excluding carboxylic acids is 2. The lowest BCUT2D eigenvalue weighted by atomic mass is 9.94. The first-order valence-electron chi connectivity index (χ1n) is 10.6. The van der Waals surface area contributed by atoms with Gasteiger partial charge in [-0.25, -0.2) is 0 Å². The van der Waals surface area contributed by atoms with E-state index >= 15 is 0 Å². The topological polar surface area (TPSA) is 43.9 Å². The van der Waals surface area contributed by atoms with Crippen molar-refractivity contribution in [2.24, 2.45) is 5.92 Å². The fraction of sp³-hybridized carbons (Fsp3) is 0.478. The molecular weight excluding hydrogens is 382 g/mol. The van der Waals surface area contributed by atoms with Crippen molar-refractivity contribution in [2.75, 3.05) is 37.6 Å². The van der Waals surface area contributed by atoms with Crippen molar-refractivity contribution in [3.8, 4) is 0 Å². The fourth-order valence-electron chi connectivity index (χ4n) is 4.91. The number of para-hydroxylation sites is 1. The fourth-order valence-corrected chi connectivity index (χ4v) is 5.80. The molecule has 0 spiro atoms. The Bertz CT molecular complexity index is 916. The number of anilines is 1. The molecule has 3 aliphatic rings. The third-order valence-corrected chi connectivity index (χ3v) is 7.63. The number of piperidine rings is 1. The van der Waals surface area contributed by atoms with Gasteiger partial charge in [-0.2, -0.15) is 0 Å². The predicted molar refractivity (Wildman–Crippen MR) is 115 cm³/mol. The molecule has 0 N–H and O–H groups in total. The summed E-state index contributed by atoms with van der Waals surface area (Å²) in [5.74, 6) is 0.594. The number of rotatable bonds is 3. The van der Waals surface area contributed by atoms with Crippen molar-refractivity contribution in [3.05, 3.63) is 51.7 Å². The largest absolute Gasteiger partial charge is 0.338 e. The van der Waals surface area contributed by atoms with Gasteiger partial charge in [0.15, 0.2) is 0 Å². The molecule has 5 nitrogen and oxygen atoms in total. The third kappa shape index (κ3) is 3.71. The summed E-state index contributed by atoms with van der Waals surface area (Å²) in [6, 6.07) is 10.4. The average molecular weight is 410 g/mol. The summed E-state index contributed by atoms with van der Waals surface area (Å²) in [6.45, 7) is 4.51. The molecule has 1 saturated heterocycles. The average Bonchev–Trinajstić information content (AvgIpc) is 3.40. The lowest BCUT2D eigenvalue weighted by Gasteiger charge is -2.35. The zero-order chi connectivity index (χ0) is 19.8. The van der Waals surface area contributed by atoms with Crippen LogP contribution in [0.4, 0.5) is 5.69 Å². The minimum absolute atomic E-state index is 0.106. The Labute approximate surface area is 175 Å². The molecule has 0 aliphatic carbocycles. The van der Waals surface area contributed by atoms with Crippen molar-refractivity contribution >= 4 is 28.8 Å². The van der Waals surface area contributed by atoms with Crippen molar-refractivity contribution in [2.45, 2.75) is 32.2 Å². The molecule has 29 heavy (non-hydrogen) atoms. The Hall–Kier alpha value is -2.18. The van der Waals surface area contributed by atoms with Crippen molar-refractivity contribution in [1.29, 1.82) is 0 Å². The highest BCUT2D eigenvalue weighted by atomic mass is 32.1. The van der Waals surface area contributed by atoms with Gasteiger partial charge in [0, 0.05) is 36.1 Å². The summed E-state index contributed by atoms with van der Waals surface area (Å²) in [4.78, 5) is 33.5. The van der Waals surface area contributed by atoms with Gasteiger partial charge in [0.2, 0.25) is 11.8 Å². The molecule has 2 amide bonds. The number of amides is 2. The van der Waals surface area contributed by atoms with Crippen LogP contribution in [0, 0.1) is 5.92 Å². The molecule has 1 fully saturated rings. The molecular formula is C23H27N3O2S. The normalized spacial score (nSPS) is 19.9. The van der Waals surface area contributed by atoms with Crippen LogP contribution in [0.5, 0.6) is 0 Å². The summed E-state index contributed by atoms with van der Waals surface area (Å²) in [5, 5.41) is 2.13. The molecule has 1 aromatic carbocycles. The SMILES string of the molecule is O=C(C1CCN(CC(=O)N2CCc3ccccc32)CC1)N1CCc2sccc2C1. The Balaban J connectivity index is 1.13. The smallest absolute Gasteiger partial charge is 0.241 e. The highest BCUT2D eigenvalue weighted by Crippen LogP contribution is 2.29. The number of carbonyl (C=O) groups is 2. The maximum Gasteiger partial charge on any atom is 0.241 e. The van der Waals surface area contributed by atoms with E-state index < -0.39 is 0 Å². The number of nitrogens with zero attached hydrogens (tertiary/aromatic N) is 3. The second-order valence-electron chi connectivity index (χ2n) is 8.35. The zero-order valence-electron chi connectivity index (χ0n) is 16.7. The molecule has 1 aromatic heterocycles. The number of thiophene rings is 1. The Kier molecular flexibility index (Phi) is 5.14. The number of hydrogen-bond donors (Lipinski definition) is 0. The Morgan fingerprint density at radius 3 is 2.66 bits per heavy atom. The van der Waals surface area contributed by atoms with Gasteiger partial charge >= 0.3 is 0 Å². The van der Waals surface area contributed by atoms with E-state index in [2.05, 4.69) is 22.4 Å². The Morgan fingerprint density at radius 1 is 0.966 bits per heavy atom. The molecule has 152 valence electrons. The lowest BCUT2D eigenvalue weighted by molar-refractivity contribution is -0.138. The van der Waals surface area contributed by atoms with Crippen LogP contribution in [0.2, 0.25) is 0 Å². The van der Waals surface area contributed by atoms with Crippen LogP contribution in [0.15, 0.2) is 35.7 Å². The van der Waals surface area contributed by atoms with Gasteiger partial charge in [0.25, 0.3) is 0 Å². The van der Waals surface area contributed by atoms with Gasteiger partial charge in [0.1, 0.15) is 0 Å². The van der Waals surface area contributed by atoms with Crippen LogP contribution in [-0.2, 0) is 29.0 Å². The number of benzene rings is 1. The standard InChI is InChI=1S/C23H27N3O2S/c27-22(26-13-7-17-3-1-2-4-20(17)26)16-24-10-5-18(6-11-24)23(28)25-12-8-21-19(15-25)9-14-29-21/h1-4,9,14,18H,5-8,10-13,15-16H2. The van der Waals surface area contributed by atoms with Gasteiger partial charge < -0.3 is 9.80 Å². The molecule has 5 rings (SSSR count).